The lowest BCUT2D eigenvalue weighted by molar-refractivity contribution is -0.726. The first-order valence-corrected chi connectivity index (χ1v) is 23.9. The molecular formula is C59H65N5O+2. The number of para-hydroxylation sites is 1. The number of hydrogen-bond acceptors (Lipinski definition) is 2. The van der Waals surface area contributed by atoms with Crippen molar-refractivity contribution in [2.45, 2.75) is 144 Å². The zero-order chi connectivity index (χ0) is 46.2. The highest BCUT2D eigenvalue weighted by Crippen LogP contribution is 2.59. The van der Waals surface area contributed by atoms with Gasteiger partial charge in [0.05, 0.1) is 27.7 Å². The minimum Gasteiger partial charge on any atom is -0.360 e. The second-order valence-electron chi connectivity index (χ2n) is 22.0. The maximum atomic E-state index is 7.11. The summed E-state index contributed by atoms with van der Waals surface area (Å²) in [4.78, 5) is 5.72. The topological polar surface area (TPSA) is 39.2 Å². The Morgan fingerprint density at radius 1 is 0.754 bits per heavy atom. The molecule has 330 valence electrons. The summed E-state index contributed by atoms with van der Waals surface area (Å²) >= 11 is 0. The van der Waals surface area contributed by atoms with E-state index in [0.29, 0.717) is 0 Å². The van der Waals surface area contributed by atoms with Crippen LogP contribution in [0.25, 0.3) is 72.0 Å². The van der Waals surface area contributed by atoms with Crippen LogP contribution in [0.15, 0.2) is 91.8 Å². The molecule has 5 aromatic heterocycles. The molecule has 11 rings (SSSR count). The molecule has 2 aliphatic rings. The van der Waals surface area contributed by atoms with Gasteiger partial charge in [-0.15, -0.1) is 0 Å². The summed E-state index contributed by atoms with van der Waals surface area (Å²) in [5, 5.41) is 5.10. The molecule has 0 spiro atoms. The van der Waals surface area contributed by atoms with Crippen LogP contribution in [0.4, 0.5) is 0 Å². The van der Waals surface area contributed by atoms with Crippen LogP contribution in [-0.4, -0.2) is 14.0 Å². The Bertz CT molecular complexity index is 3550. The molecule has 0 N–H and O–H groups in total. The second-order valence-corrected chi connectivity index (χ2v) is 22.0. The van der Waals surface area contributed by atoms with Crippen LogP contribution in [0.5, 0.6) is 0 Å². The molecule has 2 unspecified atom stereocenters. The molecular weight excluding hydrogens is 795 g/mol. The largest absolute Gasteiger partial charge is 0.360 e. The Kier molecular flexibility index (Phi) is 8.47. The first-order valence-electron chi connectivity index (χ1n) is 23.9. The first kappa shape index (κ1) is 41.8. The van der Waals surface area contributed by atoms with Gasteiger partial charge < -0.3 is 4.74 Å². The predicted molar refractivity (Wildman–Crippen MR) is 269 cm³/mol. The van der Waals surface area contributed by atoms with Crippen LogP contribution in [0.3, 0.4) is 0 Å². The summed E-state index contributed by atoms with van der Waals surface area (Å²) in [6, 6.07) is 27.7. The lowest BCUT2D eigenvalue weighted by Crippen LogP contribution is -2.68. The van der Waals surface area contributed by atoms with Crippen LogP contribution < -0.4 is 9.13 Å². The highest BCUT2D eigenvalue weighted by molar-refractivity contribution is 6.22. The van der Waals surface area contributed by atoms with Gasteiger partial charge in [-0.3, -0.25) is 4.98 Å². The van der Waals surface area contributed by atoms with Gasteiger partial charge in [-0.2, -0.15) is 13.5 Å². The molecule has 65 heavy (non-hydrogen) atoms. The number of nitrogens with zero attached hydrogens (tertiary/aromatic N) is 5. The van der Waals surface area contributed by atoms with Crippen LogP contribution in [0.1, 0.15) is 132 Å². The number of aromatic nitrogens is 5. The van der Waals surface area contributed by atoms with Crippen molar-refractivity contribution >= 4 is 55.0 Å². The van der Waals surface area contributed by atoms with Crippen molar-refractivity contribution in [3.63, 3.8) is 0 Å². The maximum absolute atomic E-state index is 7.11. The van der Waals surface area contributed by atoms with Crippen LogP contribution in [-0.2, 0) is 32.3 Å². The normalized spacial score (nSPS) is 20.1. The fourth-order valence-corrected chi connectivity index (χ4v) is 13.4. The molecule has 2 aliphatic heterocycles. The summed E-state index contributed by atoms with van der Waals surface area (Å²) < 4.78 is 17.4. The van der Waals surface area contributed by atoms with E-state index in [1.54, 1.807) is 0 Å². The summed E-state index contributed by atoms with van der Waals surface area (Å²) in [5.74, 6) is 1.11. The predicted octanol–water partition coefficient (Wildman–Crippen LogP) is 13.7. The van der Waals surface area contributed by atoms with Crippen molar-refractivity contribution in [1.29, 1.82) is 0 Å². The summed E-state index contributed by atoms with van der Waals surface area (Å²) in [5.41, 5.74) is 18.3. The van der Waals surface area contributed by atoms with Crippen molar-refractivity contribution < 1.29 is 13.9 Å². The fraction of sp³-hybridized carbons (Fsp3) is 0.373. The van der Waals surface area contributed by atoms with E-state index in [2.05, 4.69) is 207 Å². The van der Waals surface area contributed by atoms with Crippen molar-refractivity contribution in [2.24, 2.45) is 0 Å². The van der Waals surface area contributed by atoms with Gasteiger partial charge in [-0.25, -0.2) is 4.57 Å². The molecule has 0 aliphatic carbocycles. The van der Waals surface area contributed by atoms with Crippen molar-refractivity contribution in [1.82, 2.24) is 14.0 Å². The number of aryl methyl sites for hydroxylation is 5. The van der Waals surface area contributed by atoms with Gasteiger partial charge >= 0.3 is 0 Å². The number of rotatable bonds is 6. The SMILES string of the molecule is C=C(n1cc[n+](-c2c(C)cccc2C)c1-c1ccccc1C)C1(CC)c2cc(C(C)(C)C)nc3cc4c5c(C)cc(C)cc5c5c6c(cc7c5n4c(c23)[n+]7C1(C)CC)C(C)(C)OC6(C)C. The Morgan fingerprint density at radius 3 is 2.11 bits per heavy atom. The van der Waals surface area contributed by atoms with E-state index in [1.807, 2.05) is 0 Å². The van der Waals surface area contributed by atoms with E-state index >= 15 is 0 Å². The molecule has 0 fully saturated rings. The van der Waals surface area contributed by atoms with Gasteiger partial charge in [-0.05, 0) is 139 Å². The molecule has 7 heterocycles. The number of allylic oxidation sites excluding steroid dienone is 1. The number of hydrogen-bond donors (Lipinski definition) is 0. The van der Waals surface area contributed by atoms with Crippen LogP contribution in [0, 0.1) is 34.6 Å². The third-order valence-electron chi connectivity index (χ3n) is 16.3. The molecule has 2 atom stereocenters. The smallest absolute Gasteiger partial charge is 0.299 e. The molecule has 0 radical (unpaired) electrons. The van der Waals surface area contributed by atoms with Gasteiger partial charge in [0.15, 0.2) is 11.0 Å². The quantitative estimate of drug-likeness (QED) is 0.0949. The van der Waals surface area contributed by atoms with E-state index in [0.717, 1.165) is 35.6 Å². The molecule has 6 heteroatoms. The third kappa shape index (κ3) is 5.12. The Labute approximate surface area is 384 Å². The number of benzene rings is 4. The lowest BCUT2D eigenvalue weighted by atomic mass is 9.58. The minimum atomic E-state index is -0.607. The van der Waals surface area contributed by atoms with Gasteiger partial charge in [0, 0.05) is 33.5 Å². The summed E-state index contributed by atoms with van der Waals surface area (Å²) in [6.07, 6.45) is 6.23. The Hall–Kier alpha value is -5.85. The van der Waals surface area contributed by atoms with Crippen LogP contribution in [0.2, 0.25) is 0 Å². The highest BCUT2D eigenvalue weighted by Gasteiger charge is 2.62. The Balaban J connectivity index is 1.37. The monoisotopic (exact) mass is 860 g/mol. The standard InChI is InChI=1S/C59H65N5O/c1-17-58(16)59(18-2,38(8)61-26-27-62(51-35(5)23-21-24-36(51)6)53(61)39-25-20-19-22-34(39)4)41-31-46(55(9,10)11)60-43-32-44-47-37(7)28-33(3)29-40(47)48-50-42(56(12,13)65-57(50,14)15)30-45-52(48)63(44)54(49(41)43)64(45)58/h19-32H,8,17-18H2,1-7,9-16H3/q+2. The van der Waals surface area contributed by atoms with Crippen molar-refractivity contribution in [3.05, 3.63) is 142 Å². The average Bonchev–Trinajstić information content (AvgIpc) is 3.87. The van der Waals surface area contributed by atoms with Crippen molar-refractivity contribution in [3.8, 4) is 17.1 Å². The van der Waals surface area contributed by atoms with E-state index in [9.17, 15) is 0 Å². The van der Waals surface area contributed by atoms with Crippen LogP contribution >= 0.6 is 0 Å². The second kappa shape index (κ2) is 13.2. The number of fused-ring (bicyclic) bond motifs is 6. The van der Waals surface area contributed by atoms with Gasteiger partial charge in [0.25, 0.3) is 11.5 Å². The lowest BCUT2D eigenvalue weighted by Gasteiger charge is -2.48. The third-order valence-corrected chi connectivity index (χ3v) is 16.3. The van der Waals surface area contributed by atoms with E-state index in [4.69, 9.17) is 16.3 Å². The minimum absolute atomic E-state index is 0.209. The van der Waals surface area contributed by atoms with Gasteiger partial charge in [0.2, 0.25) is 0 Å². The molecule has 0 bridgehead atoms. The fourth-order valence-electron chi connectivity index (χ4n) is 13.4. The van der Waals surface area contributed by atoms with Crippen molar-refractivity contribution in [2.75, 3.05) is 0 Å². The molecule has 0 saturated heterocycles. The maximum Gasteiger partial charge on any atom is 0.299 e. The van der Waals surface area contributed by atoms with E-state index in [-0.39, 0.29) is 5.41 Å². The summed E-state index contributed by atoms with van der Waals surface area (Å²) in [7, 11) is 0. The molecule has 6 nitrogen and oxygen atoms in total. The average molecular weight is 860 g/mol. The van der Waals surface area contributed by atoms with E-state index < -0.39 is 22.2 Å². The zero-order valence-corrected chi connectivity index (χ0v) is 41.3. The molecule has 0 amide bonds. The first-order chi connectivity index (χ1) is 30.6. The van der Waals surface area contributed by atoms with E-state index in [1.165, 1.54) is 99.5 Å². The number of ether oxygens (including phenoxy) is 1. The van der Waals surface area contributed by atoms with Gasteiger partial charge in [-0.1, -0.05) is 95.3 Å². The highest BCUT2D eigenvalue weighted by atomic mass is 16.5. The number of imidazole rings is 2. The molecule has 9 aromatic rings. The molecule has 0 saturated carbocycles. The Morgan fingerprint density at radius 2 is 1.45 bits per heavy atom. The summed E-state index contributed by atoms with van der Waals surface area (Å²) in [6.45, 7) is 39.9. The zero-order valence-electron chi connectivity index (χ0n) is 41.3. The van der Waals surface area contributed by atoms with Gasteiger partial charge in [0.1, 0.15) is 40.2 Å². The number of pyridine rings is 3. The molecule has 4 aromatic carbocycles.